The monoisotopic (exact) mass is 860 g/mol. The third kappa shape index (κ3) is 10.1. The van der Waals surface area contributed by atoms with Crippen LogP contribution in [-0.2, 0) is 53.5 Å². The number of nitrogens with zero attached hydrogens (tertiary/aromatic N) is 3. The van der Waals surface area contributed by atoms with Crippen molar-refractivity contribution in [3.05, 3.63) is 119 Å². The van der Waals surface area contributed by atoms with Gasteiger partial charge in [0.05, 0.1) is 30.6 Å². The van der Waals surface area contributed by atoms with Gasteiger partial charge in [-0.05, 0) is 79.0 Å². The van der Waals surface area contributed by atoms with Gasteiger partial charge in [-0.15, -0.1) is 11.3 Å². The summed E-state index contributed by atoms with van der Waals surface area (Å²) in [6.07, 6.45) is -0.475. The fourth-order valence-electron chi connectivity index (χ4n) is 6.40. The number of hydrogen-bond acceptors (Lipinski definition) is 14. The number of rotatable bonds is 18. The normalized spacial score (nSPS) is 16.4. The molecule has 0 aliphatic carbocycles. The molecular weight excluding hydrogens is 809 g/mol. The lowest BCUT2D eigenvalue weighted by Gasteiger charge is -2.43. The molecule has 1 aliphatic rings. The van der Waals surface area contributed by atoms with Gasteiger partial charge in [-0.1, -0.05) is 96.2 Å². The maximum Gasteiger partial charge on any atom is 0.364 e. The van der Waals surface area contributed by atoms with Crippen LogP contribution in [0.5, 0.6) is 0 Å². The third-order valence-electron chi connectivity index (χ3n) is 9.71. The summed E-state index contributed by atoms with van der Waals surface area (Å²) in [5, 5.41) is 9.87. The largest absolute Gasteiger partial charge is 0.466 e. The molecule has 1 saturated heterocycles. The number of β-lactam (4-membered cyclic amide) rings is 1. The molecule has 0 bridgehead atoms. The number of carbonyl (C=O) groups is 4. The topological polar surface area (TPSA) is 180 Å². The third-order valence-corrected chi connectivity index (χ3v) is 11.9. The summed E-state index contributed by atoms with van der Waals surface area (Å²) < 4.78 is 42.6. The van der Waals surface area contributed by atoms with Gasteiger partial charge < -0.3 is 19.6 Å². The summed E-state index contributed by atoms with van der Waals surface area (Å²) >= 11 is 1.20. The lowest BCUT2D eigenvalue weighted by molar-refractivity contribution is -0.179. The molecule has 320 valence electrons. The van der Waals surface area contributed by atoms with Crippen molar-refractivity contribution in [2.24, 2.45) is 16.5 Å². The Balaban J connectivity index is 1.48. The maximum absolute atomic E-state index is 14.3. The Labute approximate surface area is 355 Å². The molecule has 16 heteroatoms. The average molecular weight is 861 g/mol. The van der Waals surface area contributed by atoms with Crippen LogP contribution in [0.4, 0.5) is 5.13 Å². The molecule has 1 aromatic heterocycles. The lowest BCUT2D eigenvalue weighted by Crippen LogP contribution is -2.62. The highest BCUT2D eigenvalue weighted by atomic mass is 32.2. The first-order chi connectivity index (χ1) is 28.1. The molecule has 5 rings (SSSR count). The predicted molar refractivity (Wildman–Crippen MR) is 227 cm³/mol. The number of ether oxygens (including phenoxy) is 2. The van der Waals surface area contributed by atoms with Crippen LogP contribution in [0, 0.1) is 11.3 Å². The van der Waals surface area contributed by atoms with Crippen molar-refractivity contribution in [2.45, 2.75) is 91.5 Å². The Hall–Kier alpha value is -5.45. The van der Waals surface area contributed by atoms with Gasteiger partial charge >= 0.3 is 22.2 Å². The van der Waals surface area contributed by atoms with E-state index >= 15 is 0 Å². The SMILES string of the molecule is CCOC(=O)C(C)(C)COS(=O)(=O)N1C(=O)[C@@H](CC(=O)/C(=N\OC(C)(C)C(=O)OC(C)(C)C)c2csc(NC(c3ccccc3)(c3ccccc3)c3ccccc3)n2)[C@@H]1C. The highest BCUT2D eigenvalue weighted by molar-refractivity contribution is 7.85. The Morgan fingerprint density at radius 1 is 0.833 bits per heavy atom. The number of hydrogen-bond donors (Lipinski definition) is 1. The van der Waals surface area contributed by atoms with E-state index in [1.807, 2.05) is 91.0 Å². The molecule has 0 spiro atoms. The maximum atomic E-state index is 14.3. The number of esters is 2. The minimum Gasteiger partial charge on any atom is -0.466 e. The van der Waals surface area contributed by atoms with Crippen molar-refractivity contribution in [3.8, 4) is 0 Å². The molecule has 1 amide bonds. The van der Waals surface area contributed by atoms with Crippen LogP contribution < -0.4 is 5.32 Å². The summed E-state index contributed by atoms with van der Waals surface area (Å²) in [5.41, 5.74) is -2.24. The van der Waals surface area contributed by atoms with Crippen molar-refractivity contribution >= 4 is 56.1 Å². The minimum absolute atomic E-state index is 0.0870. The predicted octanol–water partition coefficient (Wildman–Crippen LogP) is 7.04. The van der Waals surface area contributed by atoms with E-state index in [0.717, 1.165) is 16.7 Å². The number of ketones is 1. The first kappa shape index (κ1) is 45.6. The van der Waals surface area contributed by atoms with E-state index in [9.17, 15) is 27.6 Å². The van der Waals surface area contributed by atoms with Crippen LogP contribution in [0.1, 0.15) is 91.1 Å². The van der Waals surface area contributed by atoms with E-state index in [2.05, 4.69) is 10.5 Å². The van der Waals surface area contributed by atoms with Crippen LogP contribution >= 0.6 is 11.3 Å². The van der Waals surface area contributed by atoms with E-state index < -0.39 is 81.1 Å². The fourth-order valence-corrected chi connectivity index (χ4v) is 8.62. The van der Waals surface area contributed by atoms with Crippen molar-refractivity contribution < 1.29 is 46.1 Å². The van der Waals surface area contributed by atoms with Crippen molar-refractivity contribution in [2.75, 3.05) is 18.5 Å². The van der Waals surface area contributed by atoms with E-state index in [0.29, 0.717) is 9.44 Å². The van der Waals surface area contributed by atoms with Crippen LogP contribution in [0.25, 0.3) is 0 Å². The summed E-state index contributed by atoms with van der Waals surface area (Å²) in [4.78, 5) is 63.7. The van der Waals surface area contributed by atoms with Crippen molar-refractivity contribution in [3.63, 3.8) is 0 Å². The second-order valence-electron chi connectivity index (χ2n) is 16.5. The Kier molecular flexibility index (Phi) is 13.7. The van der Waals surface area contributed by atoms with Crippen molar-refractivity contribution in [1.82, 2.24) is 9.29 Å². The zero-order valence-corrected chi connectivity index (χ0v) is 36.9. The quantitative estimate of drug-likeness (QED) is 0.0355. The summed E-state index contributed by atoms with van der Waals surface area (Å²) in [6.45, 7) is 13.5. The highest BCUT2D eigenvalue weighted by Crippen LogP contribution is 2.41. The van der Waals surface area contributed by atoms with Gasteiger partial charge in [0.2, 0.25) is 11.5 Å². The number of thiazole rings is 1. The molecule has 0 unspecified atom stereocenters. The molecule has 3 aromatic carbocycles. The number of oxime groups is 1. The molecular formula is C44H52N4O10S2. The molecule has 2 heterocycles. The number of amides is 1. The highest BCUT2D eigenvalue weighted by Gasteiger charge is 2.53. The van der Waals surface area contributed by atoms with Gasteiger partial charge in [0.15, 0.2) is 16.6 Å². The molecule has 4 aromatic rings. The smallest absolute Gasteiger partial charge is 0.364 e. The second kappa shape index (κ2) is 18.0. The first-order valence-corrected chi connectivity index (χ1v) is 21.7. The molecule has 1 fully saturated rings. The van der Waals surface area contributed by atoms with Crippen LogP contribution in [0.2, 0.25) is 0 Å². The van der Waals surface area contributed by atoms with Gasteiger partial charge in [0.25, 0.3) is 0 Å². The van der Waals surface area contributed by atoms with Crippen LogP contribution in [-0.4, -0.2) is 77.5 Å². The van der Waals surface area contributed by atoms with Crippen LogP contribution in [0.15, 0.2) is 102 Å². The van der Waals surface area contributed by atoms with E-state index in [1.165, 1.54) is 46.0 Å². The Morgan fingerprint density at radius 3 is 1.82 bits per heavy atom. The van der Waals surface area contributed by atoms with Crippen LogP contribution in [0.3, 0.4) is 0 Å². The first-order valence-electron chi connectivity index (χ1n) is 19.5. The molecule has 14 nitrogen and oxygen atoms in total. The van der Waals surface area contributed by atoms with E-state index in [1.54, 1.807) is 33.1 Å². The average Bonchev–Trinajstić information content (AvgIpc) is 3.66. The molecule has 2 atom stereocenters. The molecule has 1 aliphatic heterocycles. The van der Waals surface area contributed by atoms with Gasteiger partial charge in [-0.2, -0.15) is 8.42 Å². The molecule has 0 saturated carbocycles. The number of aromatic nitrogens is 1. The summed E-state index contributed by atoms with van der Waals surface area (Å²) in [5.74, 6) is -4.06. The van der Waals surface area contributed by atoms with E-state index in [4.69, 9.17) is 23.5 Å². The number of nitrogens with one attached hydrogen (secondary N) is 1. The number of anilines is 1. The lowest BCUT2D eigenvalue weighted by atomic mass is 9.77. The van der Waals surface area contributed by atoms with Gasteiger partial charge in [-0.3, -0.25) is 18.6 Å². The van der Waals surface area contributed by atoms with Gasteiger partial charge in [-0.25, -0.2) is 14.1 Å². The number of Topliss-reactive ketones (excluding diaryl/α,β-unsaturated/α-hetero) is 1. The van der Waals surface area contributed by atoms with Gasteiger partial charge in [0.1, 0.15) is 16.8 Å². The molecule has 60 heavy (non-hydrogen) atoms. The Bertz CT molecular complexity index is 2210. The standard InChI is InChI=1S/C44H52N4O10S2/c1-10-55-38(51)42(6,7)28-56-60(53,54)48-29(2)33(37(48)50)26-35(49)36(47-58-43(8,9)39(52)57-41(3,4)5)34-27-59-40(45-34)46-44(30-20-14-11-15-21-30,31-22-16-12-17-23-31)32-24-18-13-19-25-32/h11-25,27,29,33H,10,26,28H2,1-9H3,(H,45,46)/b47-36-/t29-,33-/m0/s1. The molecule has 1 N–H and O–H groups in total. The Morgan fingerprint density at radius 2 is 1.35 bits per heavy atom. The summed E-state index contributed by atoms with van der Waals surface area (Å²) in [6, 6.07) is 28.6. The minimum atomic E-state index is -4.64. The fraction of sp³-hybridized carbons (Fsp3) is 0.409. The van der Waals surface area contributed by atoms with Gasteiger partial charge in [0, 0.05) is 11.8 Å². The zero-order chi connectivity index (χ0) is 44.1. The number of benzene rings is 3. The van der Waals surface area contributed by atoms with E-state index in [-0.39, 0.29) is 18.0 Å². The summed E-state index contributed by atoms with van der Waals surface area (Å²) in [7, 11) is -4.64. The number of carbonyl (C=O) groups excluding carboxylic acids is 4. The zero-order valence-electron chi connectivity index (χ0n) is 35.3. The molecule has 0 radical (unpaired) electrons. The second-order valence-corrected chi connectivity index (χ2v) is 18.8. The van der Waals surface area contributed by atoms with Crippen molar-refractivity contribution in [1.29, 1.82) is 0 Å².